The molecule has 4 heteroatoms. The van der Waals surface area contributed by atoms with Crippen LogP contribution in [0.5, 0.6) is 5.75 Å². The molecule has 0 aliphatic carbocycles. The largest absolute Gasteiger partial charge is 0.445 e. The van der Waals surface area contributed by atoms with Gasteiger partial charge in [0, 0.05) is 11.5 Å². The highest BCUT2D eigenvalue weighted by Crippen LogP contribution is 2.30. The molecule has 1 aliphatic heterocycles. The summed E-state index contributed by atoms with van der Waals surface area (Å²) in [6, 6.07) is 6.12. The maximum absolute atomic E-state index is 11.9. The third-order valence-corrected chi connectivity index (χ3v) is 4.21. The molecule has 1 aromatic heterocycles. The van der Waals surface area contributed by atoms with Gasteiger partial charge in [0.2, 0.25) is 6.73 Å². The molecule has 0 fully saturated rings. The van der Waals surface area contributed by atoms with E-state index >= 15 is 0 Å². The van der Waals surface area contributed by atoms with Crippen LogP contribution in [-0.4, -0.2) is 12.8 Å². The summed E-state index contributed by atoms with van der Waals surface area (Å²) < 4.78 is 11.4. The average molecular weight is 288 g/mol. The lowest BCUT2D eigenvalue weighted by molar-refractivity contribution is -0.952. The summed E-state index contributed by atoms with van der Waals surface area (Å²) in [5.74, 6) is 0.851. The normalized spacial score (nSPS) is 17.8. The highest BCUT2D eigenvalue weighted by Gasteiger charge is 2.26. The van der Waals surface area contributed by atoms with Crippen LogP contribution in [0, 0.1) is 0 Å². The second kappa shape index (κ2) is 5.53. The highest BCUT2D eigenvalue weighted by atomic mass is 16.5. The topological polar surface area (TPSA) is 43.9 Å². The van der Waals surface area contributed by atoms with Crippen LogP contribution in [0.2, 0.25) is 0 Å². The van der Waals surface area contributed by atoms with Gasteiger partial charge in [-0.15, -0.1) is 0 Å². The standard InChI is InChI=1S/C17H21NO3/c1-4-5-12-8-16(19)21-17-13(12)6-7-15-14(17)9-18(10-20-15)11(2)3/h6-8,11H,4-5,9-10H2,1-3H3/p+1. The number of ether oxygens (including phenoxy) is 1. The zero-order valence-corrected chi connectivity index (χ0v) is 12.9. The molecule has 1 aliphatic rings. The predicted molar refractivity (Wildman–Crippen MR) is 81.8 cm³/mol. The molecular weight excluding hydrogens is 266 g/mol. The van der Waals surface area contributed by atoms with Crippen LogP contribution >= 0.6 is 0 Å². The third-order valence-electron chi connectivity index (χ3n) is 4.21. The quantitative estimate of drug-likeness (QED) is 0.877. The van der Waals surface area contributed by atoms with Gasteiger partial charge in [0.25, 0.3) is 0 Å². The SMILES string of the molecule is CCCc1cc(=O)oc2c3c(ccc12)OC[NH+](C(C)C)C3. The fourth-order valence-corrected chi connectivity index (χ4v) is 2.93. The zero-order chi connectivity index (χ0) is 15.0. The minimum absolute atomic E-state index is 0.268. The molecule has 1 unspecified atom stereocenters. The van der Waals surface area contributed by atoms with Crippen LogP contribution < -0.4 is 15.3 Å². The van der Waals surface area contributed by atoms with Crippen LogP contribution in [-0.2, 0) is 13.0 Å². The van der Waals surface area contributed by atoms with E-state index in [0.717, 1.165) is 41.6 Å². The number of hydrogen-bond acceptors (Lipinski definition) is 3. The van der Waals surface area contributed by atoms with Gasteiger partial charge in [-0.25, -0.2) is 4.79 Å². The molecular formula is C17H22NO3+. The van der Waals surface area contributed by atoms with Crippen molar-refractivity contribution in [3.05, 3.63) is 39.7 Å². The Kier molecular flexibility index (Phi) is 3.72. The Labute approximate surface area is 124 Å². The number of aryl methyl sites for hydroxylation is 1. The van der Waals surface area contributed by atoms with Crippen LogP contribution in [0.25, 0.3) is 11.0 Å². The first-order chi connectivity index (χ1) is 10.1. The van der Waals surface area contributed by atoms with Gasteiger partial charge < -0.3 is 9.15 Å². The minimum atomic E-state index is -0.268. The lowest BCUT2D eigenvalue weighted by Gasteiger charge is -2.29. The molecule has 1 atom stereocenters. The van der Waals surface area contributed by atoms with Crippen molar-refractivity contribution in [2.24, 2.45) is 0 Å². The van der Waals surface area contributed by atoms with Gasteiger partial charge in [-0.3, -0.25) is 4.90 Å². The molecule has 0 radical (unpaired) electrons. The molecule has 21 heavy (non-hydrogen) atoms. The van der Waals surface area contributed by atoms with E-state index in [9.17, 15) is 4.79 Å². The molecule has 0 spiro atoms. The second-order valence-corrected chi connectivity index (χ2v) is 6.04. The average Bonchev–Trinajstić information content (AvgIpc) is 2.46. The number of rotatable bonds is 3. The van der Waals surface area contributed by atoms with Crippen LogP contribution in [0.3, 0.4) is 0 Å². The Bertz CT molecular complexity index is 718. The summed E-state index contributed by atoms with van der Waals surface area (Å²) in [5.41, 5.74) is 2.54. The molecule has 1 aromatic carbocycles. The van der Waals surface area contributed by atoms with E-state index in [2.05, 4.69) is 20.8 Å². The Morgan fingerprint density at radius 1 is 1.33 bits per heavy atom. The van der Waals surface area contributed by atoms with Crippen LogP contribution in [0.1, 0.15) is 38.3 Å². The van der Waals surface area contributed by atoms with Crippen molar-refractivity contribution in [3.63, 3.8) is 0 Å². The van der Waals surface area contributed by atoms with Crippen molar-refractivity contribution in [3.8, 4) is 5.75 Å². The predicted octanol–water partition coefficient (Wildman–Crippen LogP) is 1.89. The first-order valence-electron chi connectivity index (χ1n) is 7.66. The van der Waals surface area contributed by atoms with Crippen molar-refractivity contribution < 1.29 is 14.1 Å². The van der Waals surface area contributed by atoms with Gasteiger partial charge in [-0.2, -0.15) is 0 Å². The highest BCUT2D eigenvalue weighted by molar-refractivity contribution is 5.85. The maximum Gasteiger partial charge on any atom is 0.336 e. The summed E-state index contributed by atoms with van der Waals surface area (Å²) in [4.78, 5) is 13.2. The third kappa shape index (κ3) is 2.56. The van der Waals surface area contributed by atoms with Crippen molar-refractivity contribution in [1.29, 1.82) is 0 Å². The van der Waals surface area contributed by atoms with E-state index < -0.39 is 0 Å². The van der Waals surface area contributed by atoms with E-state index in [-0.39, 0.29) is 5.63 Å². The monoisotopic (exact) mass is 288 g/mol. The number of fused-ring (bicyclic) bond motifs is 3. The van der Waals surface area contributed by atoms with Crippen molar-refractivity contribution in [2.45, 2.75) is 46.2 Å². The Morgan fingerprint density at radius 2 is 2.14 bits per heavy atom. The second-order valence-electron chi connectivity index (χ2n) is 6.04. The Hall–Kier alpha value is -1.81. The first-order valence-corrected chi connectivity index (χ1v) is 7.66. The van der Waals surface area contributed by atoms with Gasteiger partial charge in [0.15, 0.2) is 5.58 Å². The van der Waals surface area contributed by atoms with E-state index in [1.807, 2.05) is 12.1 Å². The molecule has 112 valence electrons. The molecule has 0 bridgehead atoms. The fourth-order valence-electron chi connectivity index (χ4n) is 2.93. The lowest BCUT2D eigenvalue weighted by atomic mass is 10.0. The number of hydrogen-bond donors (Lipinski definition) is 1. The van der Waals surface area contributed by atoms with Crippen LogP contribution in [0.15, 0.2) is 27.4 Å². The fraction of sp³-hybridized carbons (Fsp3) is 0.471. The van der Waals surface area contributed by atoms with Gasteiger partial charge in [-0.1, -0.05) is 13.3 Å². The van der Waals surface area contributed by atoms with Crippen molar-refractivity contribution in [1.82, 2.24) is 0 Å². The summed E-state index contributed by atoms with van der Waals surface area (Å²) in [6.07, 6.45) is 1.90. The molecule has 3 rings (SSSR count). The molecule has 0 saturated heterocycles. The van der Waals surface area contributed by atoms with E-state index in [1.54, 1.807) is 6.07 Å². The van der Waals surface area contributed by atoms with Gasteiger partial charge in [0.1, 0.15) is 12.3 Å². The Morgan fingerprint density at radius 3 is 2.86 bits per heavy atom. The maximum atomic E-state index is 11.9. The number of benzene rings is 1. The molecule has 1 N–H and O–H groups in total. The van der Waals surface area contributed by atoms with E-state index in [1.165, 1.54) is 4.90 Å². The van der Waals surface area contributed by atoms with Crippen molar-refractivity contribution >= 4 is 11.0 Å². The number of nitrogens with one attached hydrogen (secondary N) is 1. The summed E-state index contributed by atoms with van der Waals surface area (Å²) in [7, 11) is 0. The lowest BCUT2D eigenvalue weighted by Crippen LogP contribution is -3.15. The Balaban J connectivity index is 2.19. The van der Waals surface area contributed by atoms with Gasteiger partial charge >= 0.3 is 5.63 Å². The molecule has 2 aromatic rings. The van der Waals surface area contributed by atoms with Crippen LogP contribution in [0.4, 0.5) is 0 Å². The zero-order valence-electron chi connectivity index (χ0n) is 12.9. The number of quaternary nitrogens is 1. The minimum Gasteiger partial charge on any atom is -0.445 e. The summed E-state index contributed by atoms with van der Waals surface area (Å²) in [5, 5.41) is 1.05. The molecule has 2 heterocycles. The molecule has 4 nitrogen and oxygen atoms in total. The van der Waals surface area contributed by atoms with Gasteiger partial charge in [0.05, 0.1) is 11.6 Å². The first kappa shape index (κ1) is 14.1. The summed E-state index contributed by atoms with van der Waals surface area (Å²) >= 11 is 0. The van der Waals surface area contributed by atoms with Crippen molar-refractivity contribution in [2.75, 3.05) is 6.73 Å². The van der Waals surface area contributed by atoms with E-state index in [0.29, 0.717) is 18.4 Å². The smallest absolute Gasteiger partial charge is 0.336 e. The molecule has 0 amide bonds. The summed E-state index contributed by atoms with van der Waals surface area (Å²) in [6.45, 7) is 7.96. The van der Waals surface area contributed by atoms with E-state index in [4.69, 9.17) is 9.15 Å². The van der Waals surface area contributed by atoms with Gasteiger partial charge in [-0.05, 0) is 38.0 Å². The molecule has 0 saturated carbocycles.